The highest BCUT2D eigenvalue weighted by Crippen LogP contribution is 2.43. The van der Waals surface area contributed by atoms with Gasteiger partial charge in [-0.05, 0) is 65.2 Å². The van der Waals surface area contributed by atoms with Crippen LogP contribution in [0.15, 0.2) is 223 Å². The number of fused-ring (bicyclic) bond motifs is 8. The van der Waals surface area contributed by atoms with E-state index in [1.165, 1.54) is 0 Å². The lowest BCUT2D eigenvalue weighted by Crippen LogP contribution is -2.07. The van der Waals surface area contributed by atoms with Gasteiger partial charge >= 0.3 is 0 Å². The summed E-state index contributed by atoms with van der Waals surface area (Å²) in [5.41, 5.74) is 13.6. The van der Waals surface area contributed by atoms with Crippen molar-refractivity contribution >= 4 is 54.7 Å². The van der Waals surface area contributed by atoms with Gasteiger partial charge in [-0.25, -0.2) is 9.97 Å². The second kappa shape index (κ2) is 14.9. The second-order valence-electron chi connectivity index (χ2n) is 16.3. The summed E-state index contributed by atoms with van der Waals surface area (Å²) in [6, 6.07) is 75.8. The number of hydrogen-bond acceptors (Lipinski definition) is 5. The van der Waals surface area contributed by atoms with E-state index >= 15 is 0 Å². The molecule has 13 aromatic rings. The quantitative estimate of drug-likeness (QED) is 0.160. The molecule has 0 bridgehead atoms. The highest BCUT2D eigenvalue weighted by molar-refractivity contribution is 6.23. The fourth-order valence-corrected chi connectivity index (χ4v) is 9.45. The molecule has 7 heteroatoms. The van der Waals surface area contributed by atoms with Crippen molar-refractivity contribution in [3.63, 3.8) is 0 Å². The van der Waals surface area contributed by atoms with Crippen LogP contribution < -0.4 is 0 Å². The summed E-state index contributed by atoms with van der Waals surface area (Å²) in [5.74, 6) is 2.34. The van der Waals surface area contributed by atoms with Crippen LogP contribution in [0.4, 0.5) is 0 Å². The largest absolute Gasteiger partial charge is 0.435 e. The molecule has 7 nitrogen and oxygen atoms in total. The highest BCUT2D eigenvalue weighted by atomic mass is 16.3. The number of para-hydroxylation sites is 3. The van der Waals surface area contributed by atoms with Crippen LogP contribution in [0.5, 0.6) is 0 Å². The lowest BCUT2D eigenvalue weighted by atomic mass is 9.97. The fourth-order valence-electron chi connectivity index (χ4n) is 9.45. The zero-order chi connectivity index (χ0) is 42.8. The summed E-state index contributed by atoms with van der Waals surface area (Å²) >= 11 is 0. The molecule has 0 fully saturated rings. The van der Waals surface area contributed by atoms with Crippen LogP contribution in [0.2, 0.25) is 0 Å². The topological polar surface area (TPSA) is 74.6 Å². The molecule has 0 atom stereocenters. The SMILES string of the molecule is c1ccc(-c2cc(-c3cccc4nc(-c5ccccc5)oc34)cc(-n3c4ccccc4c4ccc5c6ccccc6n(-c6nc(-c7ccccc7)nc(-c7ccccc7)n6)c5c43)c2)cc1. The first-order chi connectivity index (χ1) is 32.2. The van der Waals surface area contributed by atoms with Gasteiger partial charge in [0.05, 0.1) is 22.1 Å². The summed E-state index contributed by atoms with van der Waals surface area (Å²) in [7, 11) is 0. The standard InChI is InChI=1S/C58H36N6O/c1-5-18-37(19-6-1)41-34-42(44-28-17-29-49-54(44)65-57(59-49)40-24-11-4-12-25-40)36-43(35-41)63-50-30-15-13-26-45(50)47-32-33-48-46-27-14-16-31-51(46)64(53(48)52(47)63)58-61-55(38-20-7-2-8-21-38)60-56(62-58)39-22-9-3-10-23-39/h1-36H. The molecule has 9 aromatic carbocycles. The smallest absolute Gasteiger partial charge is 0.238 e. The summed E-state index contributed by atoms with van der Waals surface area (Å²) in [5, 5.41) is 4.46. The van der Waals surface area contributed by atoms with Gasteiger partial charge in [-0.3, -0.25) is 4.57 Å². The molecule has 0 amide bonds. The van der Waals surface area contributed by atoms with Crippen molar-refractivity contribution < 1.29 is 4.42 Å². The van der Waals surface area contributed by atoms with E-state index in [-0.39, 0.29) is 0 Å². The zero-order valence-corrected chi connectivity index (χ0v) is 34.9. The van der Waals surface area contributed by atoms with Crippen LogP contribution >= 0.6 is 0 Å². The van der Waals surface area contributed by atoms with E-state index in [1.807, 2.05) is 72.8 Å². The molecule has 0 radical (unpaired) electrons. The molecule has 0 aliphatic carbocycles. The molecule has 0 aliphatic heterocycles. The minimum Gasteiger partial charge on any atom is -0.435 e. The number of nitrogens with zero attached hydrogens (tertiary/aromatic N) is 6. The fraction of sp³-hybridized carbons (Fsp3) is 0. The number of oxazole rings is 1. The Hall–Kier alpha value is -8.94. The third-order valence-electron chi connectivity index (χ3n) is 12.4. The molecule has 65 heavy (non-hydrogen) atoms. The Kier molecular flexibility index (Phi) is 8.39. The van der Waals surface area contributed by atoms with E-state index in [4.69, 9.17) is 24.4 Å². The Morgan fingerprint density at radius 2 is 0.846 bits per heavy atom. The molecule has 4 aromatic heterocycles. The predicted molar refractivity (Wildman–Crippen MR) is 263 cm³/mol. The van der Waals surface area contributed by atoms with Crippen molar-refractivity contribution in [1.29, 1.82) is 0 Å². The maximum absolute atomic E-state index is 6.66. The summed E-state index contributed by atoms with van der Waals surface area (Å²) < 4.78 is 11.3. The first-order valence-electron chi connectivity index (χ1n) is 21.7. The molecule has 0 N–H and O–H groups in total. The van der Waals surface area contributed by atoms with Crippen LogP contribution in [0.25, 0.3) is 123 Å². The van der Waals surface area contributed by atoms with Gasteiger partial charge in [-0.2, -0.15) is 9.97 Å². The van der Waals surface area contributed by atoms with Gasteiger partial charge in [0.2, 0.25) is 11.8 Å². The normalized spacial score (nSPS) is 11.7. The van der Waals surface area contributed by atoms with Gasteiger partial charge in [0.1, 0.15) is 5.52 Å². The first-order valence-corrected chi connectivity index (χ1v) is 21.7. The predicted octanol–water partition coefficient (Wildman–Crippen LogP) is 14.5. The average Bonchev–Trinajstić information content (AvgIpc) is 4.08. The van der Waals surface area contributed by atoms with E-state index < -0.39 is 0 Å². The van der Waals surface area contributed by atoms with Crippen molar-refractivity contribution in [2.24, 2.45) is 0 Å². The molecule has 4 heterocycles. The molecule has 0 saturated carbocycles. The van der Waals surface area contributed by atoms with E-state index in [0.717, 1.165) is 99.3 Å². The monoisotopic (exact) mass is 832 g/mol. The molecular formula is C58H36N6O. The molecule has 0 aliphatic rings. The lowest BCUT2D eigenvalue weighted by Gasteiger charge is -2.16. The molecule has 304 valence electrons. The van der Waals surface area contributed by atoms with Gasteiger partial charge in [0.25, 0.3) is 0 Å². The van der Waals surface area contributed by atoms with E-state index in [0.29, 0.717) is 23.5 Å². The summed E-state index contributed by atoms with van der Waals surface area (Å²) in [6.45, 7) is 0. The Balaban J connectivity index is 1.14. The van der Waals surface area contributed by atoms with Crippen LogP contribution in [0.1, 0.15) is 0 Å². The lowest BCUT2D eigenvalue weighted by molar-refractivity contribution is 0.621. The van der Waals surface area contributed by atoms with Crippen LogP contribution in [0.3, 0.4) is 0 Å². The number of benzene rings is 9. The highest BCUT2D eigenvalue weighted by Gasteiger charge is 2.24. The third-order valence-corrected chi connectivity index (χ3v) is 12.4. The van der Waals surface area contributed by atoms with Crippen LogP contribution in [-0.2, 0) is 0 Å². The summed E-state index contributed by atoms with van der Waals surface area (Å²) in [6.07, 6.45) is 0. The Labute approximate surface area is 373 Å². The van der Waals surface area contributed by atoms with Crippen molar-refractivity contribution in [3.8, 4) is 68.1 Å². The zero-order valence-electron chi connectivity index (χ0n) is 34.9. The molecule has 0 unspecified atom stereocenters. The molecular weight excluding hydrogens is 797 g/mol. The van der Waals surface area contributed by atoms with Crippen LogP contribution in [0, 0.1) is 0 Å². The van der Waals surface area contributed by atoms with Gasteiger partial charge in [-0.15, -0.1) is 0 Å². The Morgan fingerprint density at radius 3 is 1.46 bits per heavy atom. The Morgan fingerprint density at radius 1 is 0.338 bits per heavy atom. The second-order valence-corrected chi connectivity index (χ2v) is 16.3. The van der Waals surface area contributed by atoms with Crippen molar-refractivity contribution in [2.45, 2.75) is 0 Å². The molecule has 0 saturated heterocycles. The molecule has 13 rings (SSSR count). The van der Waals surface area contributed by atoms with Gasteiger partial charge in [0, 0.05) is 49.5 Å². The first kappa shape index (κ1) is 36.7. The van der Waals surface area contributed by atoms with Gasteiger partial charge < -0.3 is 8.98 Å². The number of hydrogen-bond donors (Lipinski definition) is 0. The van der Waals surface area contributed by atoms with E-state index in [9.17, 15) is 0 Å². The number of rotatable bonds is 7. The van der Waals surface area contributed by atoms with Crippen molar-refractivity contribution in [1.82, 2.24) is 29.1 Å². The van der Waals surface area contributed by atoms with Crippen molar-refractivity contribution in [3.05, 3.63) is 218 Å². The average molecular weight is 833 g/mol. The Bertz CT molecular complexity index is 3870. The maximum Gasteiger partial charge on any atom is 0.238 e. The number of aromatic nitrogens is 6. The van der Waals surface area contributed by atoms with E-state index in [1.54, 1.807) is 0 Å². The molecule has 0 spiro atoms. The minimum atomic E-state index is 0.540. The van der Waals surface area contributed by atoms with Gasteiger partial charge in [0.15, 0.2) is 17.2 Å². The van der Waals surface area contributed by atoms with Gasteiger partial charge in [-0.1, -0.05) is 170 Å². The minimum absolute atomic E-state index is 0.540. The van der Waals surface area contributed by atoms with Crippen LogP contribution in [-0.4, -0.2) is 29.1 Å². The maximum atomic E-state index is 6.66. The summed E-state index contributed by atoms with van der Waals surface area (Å²) in [4.78, 5) is 20.6. The van der Waals surface area contributed by atoms with Crippen molar-refractivity contribution in [2.75, 3.05) is 0 Å². The third kappa shape index (κ3) is 6.05. The van der Waals surface area contributed by atoms with E-state index in [2.05, 4.69) is 155 Å².